The summed E-state index contributed by atoms with van der Waals surface area (Å²) in [5.74, 6) is 0. The molecule has 0 radical (unpaired) electrons. The lowest BCUT2D eigenvalue weighted by atomic mass is 9.82. The van der Waals surface area contributed by atoms with Gasteiger partial charge < -0.3 is 9.32 Å². The van der Waals surface area contributed by atoms with Gasteiger partial charge in [0.2, 0.25) is 0 Å². The van der Waals surface area contributed by atoms with E-state index in [1.807, 2.05) is 0 Å². The zero-order chi connectivity index (χ0) is 32.4. The zero-order valence-electron chi connectivity index (χ0n) is 28.2. The minimum absolute atomic E-state index is 0.0924. The monoisotopic (exact) mass is 609 g/mol. The van der Waals surface area contributed by atoms with E-state index in [1.54, 1.807) is 0 Å². The number of furan rings is 1. The van der Waals surface area contributed by atoms with E-state index in [0.29, 0.717) is 0 Å². The molecule has 2 heteroatoms. The zero-order valence-corrected chi connectivity index (χ0v) is 28.2. The van der Waals surface area contributed by atoms with Gasteiger partial charge in [-0.25, -0.2) is 0 Å². The Bertz CT molecular complexity index is 2350. The number of nitrogens with zero attached hydrogens (tertiary/aromatic N) is 1. The second-order valence-corrected chi connectivity index (χ2v) is 14.8. The van der Waals surface area contributed by atoms with Gasteiger partial charge in [0, 0.05) is 38.7 Å². The normalized spacial score (nSPS) is 15.0. The van der Waals surface area contributed by atoms with Gasteiger partial charge in [0.05, 0.1) is 0 Å². The molecule has 1 heterocycles. The summed E-state index contributed by atoms with van der Waals surface area (Å²) in [6, 6.07) is 41.1. The Labute approximate surface area is 277 Å². The average molecular weight is 610 g/mol. The Kier molecular flexibility index (Phi) is 5.68. The molecule has 2 nitrogen and oxygen atoms in total. The van der Waals surface area contributed by atoms with E-state index in [0.717, 1.165) is 39.2 Å². The predicted octanol–water partition coefficient (Wildman–Crippen LogP) is 12.6. The molecule has 2 aliphatic rings. The van der Waals surface area contributed by atoms with Gasteiger partial charge in [-0.15, -0.1) is 0 Å². The highest BCUT2D eigenvalue weighted by Gasteiger charge is 2.37. The van der Waals surface area contributed by atoms with Crippen molar-refractivity contribution < 1.29 is 4.42 Å². The third-order valence-corrected chi connectivity index (χ3v) is 11.1. The maximum absolute atomic E-state index is 6.54. The SMILES string of the molecule is Cc1cc(C)c2oc3c(C)cc(N(c4ccc5c(c4)C(C)(C)c4ccccc4-5)c4ccc5c(c4)C(C)(C)c4ccccc4-5)cc3c2c1. The lowest BCUT2D eigenvalue weighted by Crippen LogP contribution is -2.18. The Hall–Kier alpha value is -5.08. The molecule has 0 spiro atoms. The minimum atomic E-state index is -0.0924. The molecule has 0 saturated heterocycles. The fraction of sp³-hybridized carbons (Fsp3) is 0.200. The first kappa shape index (κ1) is 28.2. The van der Waals surface area contributed by atoms with Crippen LogP contribution < -0.4 is 4.90 Å². The summed E-state index contributed by atoms with van der Waals surface area (Å²) in [6.45, 7) is 15.9. The van der Waals surface area contributed by atoms with Gasteiger partial charge in [0.15, 0.2) is 0 Å². The lowest BCUT2D eigenvalue weighted by Gasteiger charge is -2.30. The van der Waals surface area contributed by atoms with Crippen LogP contribution in [-0.2, 0) is 10.8 Å². The number of benzene rings is 6. The number of hydrogen-bond acceptors (Lipinski definition) is 2. The Morgan fingerprint density at radius 1 is 0.447 bits per heavy atom. The summed E-state index contributed by atoms with van der Waals surface area (Å²) in [5, 5.41) is 2.34. The Morgan fingerprint density at radius 2 is 0.915 bits per heavy atom. The molecular formula is C45H39NO. The quantitative estimate of drug-likeness (QED) is 0.198. The number of hydrogen-bond donors (Lipinski definition) is 0. The highest BCUT2D eigenvalue weighted by Crippen LogP contribution is 2.53. The first-order chi connectivity index (χ1) is 22.5. The molecule has 0 N–H and O–H groups in total. The van der Waals surface area contributed by atoms with Crippen molar-refractivity contribution >= 4 is 39.0 Å². The standard InChI is InChI=1S/C45H39NO/c1-26-20-27(2)42-36(21-26)37-23-31(22-28(3)43(37)47-42)46(29-16-18-34-32-12-8-10-14-38(32)44(4,5)40(34)24-29)30-17-19-35-33-13-9-11-15-39(33)45(6,7)41(35)25-30/h8-25H,1-7H3. The van der Waals surface area contributed by atoms with Crippen molar-refractivity contribution in [1.29, 1.82) is 0 Å². The van der Waals surface area contributed by atoms with Crippen molar-refractivity contribution in [1.82, 2.24) is 0 Å². The fourth-order valence-corrected chi connectivity index (χ4v) is 8.72. The molecule has 0 aliphatic heterocycles. The largest absolute Gasteiger partial charge is 0.456 e. The van der Waals surface area contributed by atoms with E-state index in [1.165, 1.54) is 61.0 Å². The minimum Gasteiger partial charge on any atom is -0.456 e. The predicted molar refractivity (Wildman–Crippen MR) is 198 cm³/mol. The molecule has 1 aromatic heterocycles. The van der Waals surface area contributed by atoms with E-state index >= 15 is 0 Å². The van der Waals surface area contributed by atoms with E-state index in [2.05, 4.69) is 163 Å². The number of anilines is 3. The van der Waals surface area contributed by atoms with Crippen LogP contribution in [0.3, 0.4) is 0 Å². The van der Waals surface area contributed by atoms with Crippen molar-refractivity contribution in [3.63, 3.8) is 0 Å². The van der Waals surface area contributed by atoms with Gasteiger partial charge in [-0.05, 0) is 124 Å². The summed E-state index contributed by atoms with van der Waals surface area (Å²) < 4.78 is 6.54. The van der Waals surface area contributed by atoms with Crippen molar-refractivity contribution in [3.05, 3.63) is 148 Å². The van der Waals surface area contributed by atoms with Crippen LogP contribution in [0.1, 0.15) is 66.6 Å². The van der Waals surface area contributed by atoms with Crippen LogP contribution in [0.15, 0.2) is 114 Å². The molecule has 47 heavy (non-hydrogen) atoms. The molecule has 2 aliphatic carbocycles. The molecule has 0 unspecified atom stereocenters. The molecule has 0 saturated carbocycles. The molecule has 0 bridgehead atoms. The van der Waals surface area contributed by atoms with Gasteiger partial charge in [-0.2, -0.15) is 0 Å². The van der Waals surface area contributed by atoms with Crippen molar-refractivity contribution in [2.75, 3.05) is 4.90 Å². The van der Waals surface area contributed by atoms with E-state index < -0.39 is 0 Å². The van der Waals surface area contributed by atoms with Crippen LogP contribution >= 0.6 is 0 Å². The number of fused-ring (bicyclic) bond motifs is 9. The van der Waals surface area contributed by atoms with Gasteiger partial charge in [0.25, 0.3) is 0 Å². The first-order valence-electron chi connectivity index (χ1n) is 16.8. The maximum Gasteiger partial charge on any atom is 0.138 e. The molecule has 0 amide bonds. The van der Waals surface area contributed by atoms with Gasteiger partial charge in [0.1, 0.15) is 11.2 Å². The van der Waals surface area contributed by atoms with Gasteiger partial charge in [-0.1, -0.05) is 94.4 Å². The van der Waals surface area contributed by atoms with Crippen LogP contribution in [0, 0.1) is 20.8 Å². The van der Waals surface area contributed by atoms with Crippen LogP contribution in [-0.4, -0.2) is 0 Å². The summed E-state index contributed by atoms with van der Waals surface area (Å²) in [7, 11) is 0. The van der Waals surface area contributed by atoms with Gasteiger partial charge >= 0.3 is 0 Å². The summed E-state index contributed by atoms with van der Waals surface area (Å²) in [6.07, 6.45) is 0. The molecule has 230 valence electrons. The second kappa shape index (κ2) is 9.48. The van der Waals surface area contributed by atoms with E-state index in [9.17, 15) is 0 Å². The summed E-state index contributed by atoms with van der Waals surface area (Å²) >= 11 is 0. The van der Waals surface area contributed by atoms with Crippen LogP contribution in [0.25, 0.3) is 44.2 Å². The third-order valence-electron chi connectivity index (χ3n) is 11.1. The number of rotatable bonds is 3. The number of aryl methyl sites for hydroxylation is 3. The Morgan fingerprint density at radius 3 is 1.47 bits per heavy atom. The first-order valence-corrected chi connectivity index (χ1v) is 16.8. The Balaban J connectivity index is 1.30. The molecular weight excluding hydrogens is 571 g/mol. The fourth-order valence-electron chi connectivity index (χ4n) is 8.72. The molecule has 7 aromatic rings. The topological polar surface area (TPSA) is 16.4 Å². The highest BCUT2D eigenvalue weighted by molar-refractivity contribution is 6.09. The van der Waals surface area contributed by atoms with E-state index in [4.69, 9.17) is 4.42 Å². The third kappa shape index (κ3) is 3.85. The maximum atomic E-state index is 6.54. The molecule has 0 fully saturated rings. The summed E-state index contributed by atoms with van der Waals surface area (Å²) in [4.78, 5) is 2.46. The van der Waals surface area contributed by atoms with Crippen LogP contribution in [0.2, 0.25) is 0 Å². The van der Waals surface area contributed by atoms with E-state index in [-0.39, 0.29) is 10.8 Å². The highest BCUT2D eigenvalue weighted by atomic mass is 16.3. The van der Waals surface area contributed by atoms with Crippen molar-refractivity contribution in [3.8, 4) is 22.3 Å². The van der Waals surface area contributed by atoms with Crippen LogP contribution in [0.4, 0.5) is 17.1 Å². The second-order valence-electron chi connectivity index (χ2n) is 14.8. The average Bonchev–Trinajstić information content (AvgIpc) is 3.62. The van der Waals surface area contributed by atoms with Gasteiger partial charge in [-0.3, -0.25) is 0 Å². The smallest absolute Gasteiger partial charge is 0.138 e. The van der Waals surface area contributed by atoms with Crippen molar-refractivity contribution in [2.45, 2.75) is 59.3 Å². The van der Waals surface area contributed by atoms with Crippen molar-refractivity contribution in [2.24, 2.45) is 0 Å². The molecule has 9 rings (SSSR count). The molecule has 0 atom stereocenters. The molecule has 6 aromatic carbocycles. The summed E-state index contributed by atoms with van der Waals surface area (Å²) in [5.41, 5.74) is 19.7. The lowest BCUT2D eigenvalue weighted by molar-refractivity contribution is 0.660. The van der Waals surface area contributed by atoms with Crippen LogP contribution in [0.5, 0.6) is 0 Å².